The summed E-state index contributed by atoms with van der Waals surface area (Å²) in [5, 5.41) is 3.03. The van der Waals surface area contributed by atoms with Crippen molar-refractivity contribution in [1.29, 1.82) is 0 Å². The van der Waals surface area contributed by atoms with E-state index in [4.69, 9.17) is 4.74 Å². The Labute approximate surface area is 244 Å². The summed E-state index contributed by atoms with van der Waals surface area (Å²) in [4.78, 5) is 47.0. The summed E-state index contributed by atoms with van der Waals surface area (Å²) in [6.07, 6.45) is 6.15. The maximum absolute atomic E-state index is 13.7. The molecule has 3 amide bonds. The highest BCUT2D eigenvalue weighted by Gasteiger charge is 2.61. The van der Waals surface area contributed by atoms with E-state index < -0.39 is 50.7 Å². The van der Waals surface area contributed by atoms with Crippen molar-refractivity contribution < 1.29 is 27.5 Å². The minimum absolute atomic E-state index is 0.0618. The maximum atomic E-state index is 13.7. The van der Waals surface area contributed by atoms with Gasteiger partial charge >= 0.3 is 0 Å². The van der Waals surface area contributed by atoms with E-state index >= 15 is 0 Å². The molecule has 12 heteroatoms. The molecule has 2 saturated carbocycles. The lowest BCUT2D eigenvalue weighted by molar-refractivity contribution is -0.139. The first-order chi connectivity index (χ1) is 19.5. The summed E-state index contributed by atoms with van der Waals surface area (Å²) in [6, 6.07) is 6.67. The first kappa shape index (κ1) is 29.1. The fourth-order valence-electron chi connectivity index (χ4n) is 5.36. The van der Waals surface area contributed by atoms with Crippen molar-refractivity contribution in [2.75, 3.05) is 12.8 Å². The normalized spacial score (nSPS) is 25.4. The van der Waals surface area contributed by atoms with Crippen molar-refractivity contribution in [3.05, 3.63) is 55.3 Å². The molecule has 5 rings (SSSR count). The first-order valence-electron chi connectivity index (χ1n) is 13.5. The fraction of sp³-hybridized carbons (Fsp3) is 0.448. The van der Waals surface area contributed by atoms with Gasteiger partial charge in [0.2, 0.25) is 21.8 Å². The van der Waals surface area contributed by atoms with E-state index in [0.717, 1.165) is 15.8 Å². The molecule has 218 valence electrons. The summed E-state index contributed by atoms with van der Waals surface area (Å²) >= 11 is 1.58. The molecule has 2 heterocycles. The number of pyridine rings is 1. The van der Waals surface area contributed by atoms with Crippen molar-refractivity contribution in [1.82, 2.24) is 19.9 Å². The lowest BCUT2D eigenvalue weighted by Gasteiger charge is -2.26. The molecule has 41 heavy (non-hydrogen) atoms. The molecular weight excluding hydrogens is 564 g/mol. The van der Waals surface area contributed by atoms with Crippen molar-refractivity contribution >= 4 is 50.4 Å². The number of fused-ring (bicyclic) bond motifs is 1. The second kappa shape index (κ2) is 11.1. The Kier molecular flexibility index (Phi) is 7.90. The van der Waals surface area contributed by atoms with E-state index in [0.29, 0.717) is 24.2 Å². The molecule has 0 spiro atoms. The molecule has 3 aliphatic rings. The lowest BCUT2D eigenvalue weighted by Crippen LogP contribution is -2.56. The number of rotatable bonds is 11. The Morgan fingerprint density at radius 1 is 1.27 bits per heavy atom. The maximum Gasteiger partial charge on any atom is 0.259 e. The summed E-state index contributed by atoms with van der Waals surface area (Å²) in [6.45, 7) is 9.47. The quantitative estimate of drug-likeness (QED) is 0.298. The van der Waals surface area contributed by atoms with Crippen LogP contribution in [0, 0.1) is 5.92 Å². The third-order valence-electron chi connectivity index (χ3n) is 7.80. The number of benzene rings is 1. The molecule has 0 radical (unpaired) electrons. The average molecular weight is 599 g/mol. The van der Waals surface area contributed by atoms with E-state index in [-0.39, 0.29) is 31.7 Å². The molecule has 2 aromatic rings. The standard InChI is InChI=1S/C29H34N4O6S2/c1-5-18-15-29(18,28(36)32-41(37,38)20-9-10-20)31-27(35)22-14-19(16-33(22)25(34)13-17(2)3)39-23-11-12-30-26-21(23)7-6-8-24(26)40-4/h5-8,11-12,18-20,22H,1-2,9-10,13-16H2,3-4H3,(H,31,35)(H,32,36)/t18?,19-,22+,29-/m1/s1. The van der Waals surface area contributed by atoms with Gasteiger partial charge in [-0.2, -0.15) is 0 Å². The molecule has 3 fully saturated rings. The zero-order chi connectivity index (χ0) is 29.5. The molecule has 0 bridgehead atoms. The van der Waals surface area contributed by atoms with Crippen LogP contribution in [0.3, 0.4) is 0 Å². The topological polar surface area (TPSA) is 135 Å². The van der Waals surface area contributed by atoms with Crippen LogP contribution in [0.4, 0.5) is 0 Å². The number of para-hydroxylation sites is 1. The third kappa shape index (κ3) is 5.85. The second-order valence-electron chi connectivity index (χ2n) is 11.0. The number of carbonyl (C=O) groups is 3. The molecule has 2 aliphatic carbocycles. The van der Waals surface area contributed by atoms with Crippen LogP contribution in [0.1, 0.15) is 39.0 Å². The summed E-state index contributed by atoms with van der Waals surface area (Å²) in [5.74, 6) is -1.43. The van der Waals surface area contributed by atoms with Gasteiger partial charge in [0.05, 0.1) is 17.3 Å². The summed E-state index contributed by atoms with van der Waals surface area (Å²) < 4.78 is 33.4. The Bertz CT molecular complexity index is 1540. The number of nitrogens with zero attached hydrogens (tertiary/aromatic N) is 2. The van der Waals surface area contributed by atoms with Gasteiger partial charge in [-0.25, -0.2) is 8.42 Å². The predicted molar refractivity (Wildman–Crippen MR) is 157 cm³/mol. The Morgan fingerprint density at radius 2 is 2.02 bits per heavy atom. The Morgan fingerprint density at radius 3 is 2.66 bits per heavy atom. The smallest absolute Gasteiger partial charge is 0.259 e. The van der Waals surface area contributed by atoms with Crippen molar-refractivity contribution in [3.8, 4) is 5.75 Å². The number of thioether (sulfide) groups is 1. The van der Waals surface area contributed by atoms with E-state index in [2.05, 4.69) is 28.2 Å². The highest BCUT2D eigenvalue weighted by atomic mass is 32.2. The van der Waals surface area contributed by atoms with E-state index in [1.54, 1.807) is 30.9 Å². The molecule has 1 unspecified atom stereocenters. The zero-order valence-corrected chi connectivity index (χ0v) is 24.7. The van der Waals surface area contributed by atoms with Gasteiger partial charge in [0, 0.05) is 35.2 Å². The van der Waals surface area contributed by atoms with Crippen LogP contribution in [-0.2, 0) is 24.4 Å². The Hall–Kier alpha value is -3.38. The molecule has 2 N–H and O–H groups in total. The van der Waals surface area contributed by atoms with Gasteiger partial charge in [-0.3, -0.25) is 24.1 Å². The van der Waals surface area contributed by atoms with Gasteiger partial charge in [-0.15, -0.1) is 18.3 Å². The summed E-state index contributed by atoms with van der Waals surface area (Å²) in [5.41, 5.74) is 0.0230. The average Bonchev–Trinajstić information content (AvgIpc) is 3.85. The van der Waals surface area contributed by atoms with E-state index in [1.165, 1.54) is 11.0 Å². The monoisotopic (exact) mass is 598 g/mol. The molecular formula is C29H34N4O6S2. The van der Waals surface area contributed by atoms with E-state index in [1.807, 2.05) is 24.5 Å². The number of hydrogen-bond acceptors (Lipinski definition) is 8. The van der Waals surface area contributed by atoms with Crippen LogP contribution in [0.5, 0.6) is 5.75 Å². The number of nitrogens with one attached hydrogen (secondary N) is 2. The van der Waals surface area contributed by atoms with Crippen LogP contribution in [-0.4, -0.2) is 71.8 Å². The van der Waals surface area contributed by atoms with Gasteiger partial charge in [-0.1, -0.05) is 24.3 Å². The van der Waals surface area contributed by atoms with Crippen molar-refractivity contribution in [2.45, 2.75) is 66.9 Å². The highest BCUT2D eigenvalue weighted by Crippen LogP contribution is 2.45. The van der Waals surface area contributed by atoms with Gasteiger partial charge < -0.3 is 15.0 Å². The second-order valence-corrected chi connectivity index (χ2v) is 13.8. The number of hydrogen-bond donors (Lipinski definition) is 2. The SMILES string of the molecule is C=CC1C[C@]1(NC(=O)[C@@H]1C[C@@H](Oc2ccnc3c(SC)cccc23)CN1C(=O)CC(=C)C)C(=O)NS(=O)(=O)C1CC1. The molecule has 1 aromatic heterocycles. The van der Waals surface area contributed by atoms with Gasteiger partial charge in [0.25, 0.3) is 5.91 Å². The number of likely N-dealkylation sites (tertiary alicyclic amines) is 1. The van der Waals surface area contributed by atoms with Crippen LogP contribution < -0.4 is 14.8 Å². The van der Waals surface area contributed by atoms with Crippen molar-refractivity contribution in [2.24, 2.45) is 5.92 Å². The van der Waals surface area contributed by atoms with Crippen molar-refractivity contribution in [3.63, 3.8) is 0 Å². The molecule has 1 saturated heterocycles. The van der Waals surface area contributed by atoms with Gasteiger partial charge in [0.15, 0.2) is 0 Å². The van der Waals surface area contributed by atoms with E-state index in [9.17, 15) is 22.8 Å². The first-order valence-corrected chi connectivity index (χ1v) is 16.3. The fourth-order valence-corrected chi connectivity index (χ4v) is 7.29. The van der Waals surface area contributed by atoms with Crippen LogP contribution >= 0.6 is 11.8 Å². The van der Waals surface area contributed by atoms with Crippen LogP contribution in [0.25, 0.3) is 10.9 Å². The molecule has 4 atom stereocenters. The Balaban J connectivity index is 1.37. The van der Waals surface area contributed by atoms with Crippen LogP contribution in [0.2, 0.25) is 0 Å². The number of carbonyl (C=O) groups excluding carboxylic acids is 3. The predicted octanol–water partition coefficient (Wildman–Crippen LogP) is 2.94. The molecule has 1 aliphatic heterocycles. The minimum atomic E-state index is -3.81. The van der Waals surface area contributed by atoms with Crippen LogP contribution in [0.15, 0.2) is 60.2 Å². The minimum Gasteiger partial charge on any atom is -0.488 e. The third-order valence-corrected chi connectivity index (χ3v) is 10.4. The summed E-state index contributed by atoms with van der Waals surface area (Å²) in [7, 11) is -3.81. The number of ether oxygens (including phenoxy) is 1. The van der Waals surface area contributed by atoms with Gasteiger partial charge in [0.1, 0.15) is 23.4 Å². The molecule has 10 nitrogen and oxygen atoms in total. The zero-order valence-electron chi connectivity index (χ0n) is 23.1. The lowest BCUT2D eigenvalue weighted by atomic mass is 10.1. The largest absolute Gasteiger partial charge is 0.488 e. The number of aromatic nitrogens is 1. The molecule has 1 aromatic carbocycles. The number of amides is 3. The highest BCUT2D eigenvalue weighted by molar-refractivity contribution is 7.98. The van der Waals surface area contributed by atoms with Gasteiger partial charge in [-0.05, 0) is 50.6 Å². The number of sulfonamides is 1.